The highest BCUT2D eigenvalue weighted by atomic mass is 19.1. The van der Waals surface area contributed by atoms with E-state index >= 15 is 0 Å². The lowest BCUT2D eigenvalue weighted by molar-refractivity contribution is -0.121. The molecule has 1 amide bonds. The first-order valence-electron chi connectivity index (χ1n) is 8.03. The minimum Gasteiger partial charge on any atom is -0.362 e. The Morgan fingerprint density at radius 1 is 1.52 bits per heavy atom. The summed E-state index contributed by atoms with van der Waals surface area (Å²) in [6.07, 6.45) is 1.52. The molecule has 0 spiro atoms. The van der Waals surface area contributed by atoms with Crippen molar-refractivity contribution in [3.63, 3.8) is 0 Å². The number of anilines is 1. The van der Waals surface area contributed by atoms with Gasteiger partial charge < -0.3 is 10.2 Å². The molecular formula is C18H24FN3O. The van der Waals surface area contributed by atoms with E-state index in [-0.39, 0.29) is 24.2 Å². The maximum Gasteiger partial charge on any atom is 0.240 e. The Morgan fingerprint density at radius 3 is 2.83 bits per heavy atom. The first-order chi connectivity index (χ1) is 10.8. The molecule has 4 nitrogen and oxygen atoms in total. The minimum atomic E-state index is -0.896. The maximum atomic E-state index is 14.0. The van der Waals surface area contributed by atoms with Crippen LogP contribution in [0.4, 0.5) is 10.1 Å². The molecule has 0 aliphatic carbocycles. The SMILES string of the molecule is Cc1ccc(F)c2c1N(CC(=O)NC(C)(C#N)C(C)C)CCC2. The molecule has 1 unspecified atom stereocenters. The second-order valence-corrected chi connectivity index (χ2v) is 6.73. The van der Waals surface area contributed by atoms with Crippen LogP contribution in [0.2, 0.25) is 0 Å². The molecule has 0 fully saturated rings. The summed E-state index contributed by atoms with van der Waals surface area (Å²) < 4.78 is 14.0. The van der Waals surface area contributed by atoms with Gasteiger partial charge in [-0.25, -0.2) is 4.39 Å². The summed E-state index contributed by atoms with van der Waals surface area (Å²) in [5.41, 5.74) is 1.60. The number of carbonyl (C=O) groups excluding carboxylic acids is 1. The summed E-state index contributed by atoms with van der Waals surface area (Å²) in [7, 11) is 0. The molecule has 23 heavy (non-hydrogen) atoms. The average Bonchev–Trinajstić information content (AvgIpc) is 2.50. The standard InChI is InChI=1S/C18H24FN3O/c1-12(2)18(4,11-20)21-16(23)10-22-9-5-6-14-15(19)8-7-13(3)17(14)22/h7-8,12H,5-6,9-10H2,1-4H3,(H,21,23). The monoisotopic (exact) mass is 317 g/mol. The van der Waals surface area contributed by atoms with E-state index in [2.05, 4.69) is 11.4 Å². The van der Waals surface area contributed by atoms with Gasteiger partial charge in [0.1, 0.15) is 11.4 Å². The highest BCUT2D eigenvalue weighted by Crippen LogP contribution is 2.32. The van der Waals surface area contributed by atoms with Crippen molar-refractivity contribution in [2.24, 2.45) is 5.92 Å². The number of nitrogens with one attached hydrogen (secondary N) is 1. The zero-order valence-electron chi connectivity index (χ0n) is 14.2. The Balaban J connectivity index is 2.19. The van der Waals surface area contributed by atoms with Gasteiger partial charge in [0, 0.05) is 17.8 Å². The second-order valence-electron chi connectivity index (χ2n) is 6.73. The zero-order valence-corrected chi connectivity index (χ0v) is 14.2. The molecule has 0 saturated carbocycles. The van der Waals surface area contributed by atoms with E-state index in [1.165, 1.54) is 6.07 Å². The fourth-order valence-corrected chi connectivity index (χ4v) is 2.93. The van der Waals surface area contributed by atoms with E-state index < -0.39 is 5.54 Å². The number of hydrogen-bond acceptors (Lipinski definition) is 3. The number of nitriles is 1. The highest BCUT2D eigenvalue weighted by Gasteiger charge is 2.31. The second kappa shape index (κ2) is 6.57. The summed E-state index contributed by atoms with van der Waals surface area (Å²) >= 11 is 0. The fraction of sp³-hybridized carbons (Fsp3) is 0.556. The lowest BCUT2D eigenvalue weighted by Crippen LogP contribution is -2.52. The molecule has 1 aromatic carbocycles. The van der Waals surface area contributed by atoms with Gasteiger partial charge in [0.25, 0.3) is 0 Å². The number of rotatable bonds is 4. The van der Waals surface area contributed by atoms with E-state index in [4.69, 9.17) is 0 Å². The topological polar surface area (TPSA) is 56.1 Å². The summed E-state index contributed by atoms with van der Waals surface area (Å²) in [6, 6.07) is 5.41. The molecule has 0 radical (unpaired) electrons. The third kappa shape index (κ3) is 3.47. The van der Waals surface area contributed by atoms with Crippen LogP contribution in [-0.2, 0) is 11.2 Å². The van der Waals surface area contributed by atoms with Crippen LogP contribution in [0.3, 0.4) is 0 Å². The van der Waals surface area contributed by atoms with Crippen molar-refractivity contribution >= 4 is 11.6 Å². The number of halogens is 1. The quantitative estimate of drug-likeness (QED) is 0.929. The summed E-state index contributed by atoms with van der Waals surface area (Å²) in [5.74, 6) is -0.414. The molecular weight excluding hydrogens is 293 g/mol. The van der Waals surface area contributed by atoms with Crippen LogP contribution in [0.1, 0.15) is 38.3 Å². The van der Waals surface area contributed by atoms with Crippen molar-refractivity contribution in [1.29, 1.82) is 5.26 Å². The van der Waals surface area contributed by atoms with Gasteiger partial charge in [0.15, 0.2) is 0 Å². The van der Waals surface area contributed by atoms with Crippen molar-refractivity contribution in [3.8, 4) is 6.07 Å². The van der Waals surface area contributed by atoms with E-state index in [1.807, 2.05) is 25.7 Å². The number of nitrogens with zero attached hydrogens (tertiary/aromatic N) is 2. The highest BCUT2D eigenvalue weighted by molar-refractivity contribution is 5.83. The van der Waals surface area contributed by atoms with Crippen LogP contribution in [-0.4, -0.2) is 24.5 Å². The van der Waals surface area contributed by atoms with E-state index in [0.29, 0.717) is 12.0 Å². The van der Waals surface area contributed by atoms with E-state index in [0.717, 1.165) is 24.2 Å². The van der Waals surface area contributed by atoms with Gasteiger partial charge in [-0.15, -0.1) is 0 Å². The van der Waals surface area contributed by atoms with Crippen molar-refractivity contribution in [2.45, 2.75) is 46.1 Å². The lowest BCUT2D eigenvalue weighted by Gasteiger charge is -2.34. The van der Waals surface area contributed by atoms with Crippen LogP contribution in [0.15, 0.2) is 12.1 Å². The molecule has 1 aliphatic heterocycles. The van der Waals surface area contributed by atoms with Gasteiger partial charge in [0.2, 0.25) is 5.91 Å². The Hall–Kier alpha value is -2.09. The van der Waals surface area contributed by atoms with Crippen LogP contribution < -0.4 is 10.2 Å². The Morgan fingerprint density at radius 2 is 2.22 bits per heavy atom. The summed E-state index contributed by atoms with van der Waals surface area (Å²) in [4.78, 5) is 14.3. The first-order valence-corrected chi connectivity index (χ1v) is 8.03. The van der Waals surface area contributed by atoms with Crippen LogP contribution in [0.25, 0.3) is 0 Å². The lowest BCUT2D eigenvalue weighted by atomic mass is 9.90. The van der Waals surface area contributed by atoms with E-state index in [1.54, 1.807) is 13.0 Å². The molecule has 0 bridgehead atoms. The fourth-order valence-electron chi connectivity index (χ4n) is 2.93. The van der Waals surface area contributed by atoms with Gasteiger partial charge in [-0.1, -0.05) is 19.9 Å². The number of carbonyl (C=O) groups is 1. The van der Waals surface area contributed by atoms with Crippen molar-refractivity contribution in [1.82, 2.24) is 5.32 Å². The molecule has 1 N–H and O–H groups in total. The molecule has 5 heteroatoms. The Kier molecular flexibility index (Phi) is 4.93. The summed E-state index contributed by atoms with van der Waals surface area (Å²) in [5, 5.41) is 12.1. The van der Waals surface area contributed by atoms with Crippen LogP contribution >= 0.6 is 0 Å². The number of amides is 1. The van der Waals surface area contributed by atoms with Crippen molar-refractivity contribution in [2.75, 3.05) is 18.0 Å². The average molecular weight is 317 g/mol. The zero-order chi connectivity index (χ0) is 17.2. The number of aryl methyl sites for hydroxylation is 1. The molecule has 1 heterocycles. The van der Waals surface area contributed by atoms with Crippen LogP contribution in [0, 0.1) is 30.0 Å². The van der Waals surface area contributed by atoms with Gasteiger partial charge in [-0.2, -0.15) is 5.26 Å². The third-order valence-electron chi connectivity index (χ3n) is 4.72. The molecule has 1 aromatic rings. The maximum absolute atomic E-state index is 14.0. The smallest absolute Gasteiger partial charge is 0.240 e. The molecule has 2 rings (SSSR count). The van der Waals surface area contributed by atoms with E-state index in [9.17, 15) is 14.4 Å². The number of fused-ring (bicyclic) bond motifs is 1. The number of hydrogen-bond donors (Lipinski definition) is 1. The summed E-state index contributed by atoms with van der Waals surface area (Å²) in [6.45, 7) is 8.32. The predicted molar refractivity (Wildman–Crippen MR) is 88.7 cm³/mol. The molecule has 0 aromatic heterocycles. The minimum absolute atomic E-state index is 0.00396. The van der Waals surface area contributed by atoms with Gasteiger partial charge in [-0.05, 0) is 44.2 Å². The van der Waals surface area contributed by atoms with Gasteiger partial charge in [0.05, 0.1) is 12.6 Å². The Bertz CT molecular complexity index is 650. The van der Waals surface area contributed by atoms with Crippen molar-refractivity contribution < 1.29 is 9.18 Å². The number of benzene rings is 1. The van der Waals surface area contributed by atoms with Gasteiger partial charge >= 0.3 is 0 Å². The van der Waals surface area contributed by atoms with Gasteiger partial charge in [-0.3, -0.25) is 4.79 Å². The molecule has 124 valence electrons. The molecule has 0 saturated heterocycles. The Labute approximate surface area is 137 Å². The van der Waals surface area contributed by atoms with Crippen molar-refractivity contribution in [3.05, 3.63) is 29.1 Å². The molecule has 1 atom stereocenters. The largest absolute Gasteiger partial charge is 0.362 e. The normalized spacial score (nSPS) is 16.5. The third-order valence-corrected chi connectivity index (χ3v) is 4.72. The molecule has 1 aliphatic rings. The predicted octanol–water partition coefficient (Wildman–Crippen LogP) is 2.94. The van der Waals surface area contributed by atoms with Crippen LogP contribution in [0.5, 0.6) is 0 Å². The first kappa shape index (κ1) is 17.3.